The predicted octanol–water partition coefficient (Wildman–Crippen LogP) is 13.1. The summed E-state index contributed by atoms with van der Waals surface area (Å²) in [6, 6.07) is 46.6. The van der Waals surface area contributed by atoms with Crippen LogP contribution in [0.2, 0.25) is 0 Å². The number of hydrogen-bond donors (Lipinski definition) is 0. The first-order valence-electron chi connectivity index (χ1n) is 21.0. The average molecular weight is 751 g/mol. The maximum absolute atomic E-state index is 6.63. The standard InChI is InChI=1S/C54H47BN2O/c1-30-24-39-37-25-32(53(5,6)7)20-23-44(37)57(33-21-18-31(19-22-33)52(2,3)4)55-43-28-42-36(34-14-10-12-16-41(34)54(42,8)9)27-46(43)56-45-29-48-38(35-15-11-13-17-47(35)58-48)26-40(45)49(30)51(56)50(39)55/h10-29H,1-9H3. The quantitative estimate of drug-likeness (QED) is 0.156. The van der Waals surface area contributed by atoms with E-state index in [1.807, 2.05) is 0 Å². The molecule has 0 saturated heterocycles. The van der Waals surface area contributed by atoms with E-state index in [2.05, 4.69) is 193 Å². The first-order valence-corrected chi connectivity index (χ1v) is 21.0. The van der Waals surface area contributed by atoms with Gasteiger partial charge in [-0.25, -0.2) is 0 Å². The molecule has 282 valence electrons. The van der Waals surface area contributed by atoms with Crippen molar-refractivity contribution in [3.63, 3.8) is 0 Å². The largest absolute Gasteiger partial charge is 0.456 e. The molecule has 7 aromatic carbocycles. The van der Waals surface area contributed by atoms with E-state index in [0.29, 0.717) is 0 Å². The maximum Gasteiger partial charge on any atom is 0.333 e. The summed E-state index contributed by atoms with van der Waals surface area (Å²) in [5, 5.41) is 4.93. The van der Waals surface area contributed by atoms with Crippen LogP contribution in [0.25, 0.3) is 71.7 Å². The monoisotopic (exact) mass is 750 g/mol. The molecular formula is C54H47BN2O. The van der Waals surface area contributed by atoms with Crippen LogP contribution in [-0.2, 0) is 16.2 Å². The normalized spacial score (nSPS) is 15.1. The molecule has 3 aliphatic rings. The van der Waals surface area contributed by atoms with Gasteiger partial charge in [0.1, 0.15) is 11.2 Å². The first-order chi connectivity index (χ1) is 27.7. The number of para-hydroxylation sites is 1. The summed E-state index contributed by atoms with van der Waals surface area (Å²) >= 11 is 0. The molecule has 0 saturated carbocycles. The van der Waals surface area contributed by atoms with Crippen LogP contribution in [0.1, 0.15) is 83.2 Å². The molecular weight excluding hydrogens is 703 g/mol. The van der Waals surface area contributed by atoms with Crippen molar-refractivity contribution in [2.45, 2.75) is 78.6 Å². The van der Waals surface area contributed by atoms with Gasteiger partial charge in [0.2, 0.25) is 0 Å². The van der Waals surface area contributed by atoms with Crippen LogP contribution in [-0.4, -0.2) is 11.4 Å². The van der Waals surface area contributed by atoms with Crippen molar-refractivity contribution in [2.75, 3.05) is 4.81 Å². The van der Waals surface area contributed by atoms with E-state index in [1.54, 1.807) is 0 Å². The highest BCUT2D eigenvalue weighted by molar-refractivity contribution is 6.93. The van der Waals surface area contributed by atoms with Crippen LogP contribution in [0, 0.1) is 6.92 Å². The molecule has 58 heavy (non-hydrogen) atoms. The van der Waals surface area contributed by atoms with Gasteiger partial charge >= 0.3 is 6.85 Å². The molecule has 0 amide bonds. The van der Waals surface area contributed by atoms with Gasteiger partial charge in [0, 0.05) is 55.7 Å². The number of aryl methyl sites for hydroxylation is 1. The second kappa shape index (κ2) is 10.9. The number of anilines is 2. The minimum atomic E-state index is -0.140. The Morgan fingerprint density at radius 2 is 1.29 bits per heavy atom. The summed E-state index contributed by atoms with van der Waals surface area (Å²) in [4.78, 5) is 2.67. The van der Waals surface area contributed by atoms with Gasteiger partial charge in [-0.15, -0.1) is 0 Å². The van der Waals surface area contributed by atoms with Crippen LogP contribution in [0.3, 0.4) is 0 Å². The molecule has 4 heteroatoms. The number of aromatic nitrogens is 1. The molecule has 9 aromatic rings. The molecule has 0 fully saturated rings. The number of fused-ring (bicyclic) bond motifs is 14. The number of rotatable bonds is 1. The third kappa shape index (κ3) is 4.31. The van der Waals surface area contributed by atoms with Crippen LogP contribution < -0.4 is 15.7 Å². The van der Waals surface area contributed by atoms with E-state index in [-0.39, 0.29) is 23.1 Å². The molecule has 2 aromatic heterocycles. The van der Waals surface area contributed by atoms with E-state index >= 15 is 0 Å². The Hall–Kier alpha value is -6.00. The van der Waals surface area contributed by atoms with Crippen LogP contribution in [0.15, 0.2) is 126 Å². The van der Waals surface area contributed by atoms with Crippen LogP contribution in [0.4, 0.5) is 11.4 Å². The average Bonchev–Trinajstić information content (AvgIpc) is 3.81. The van der Waals surface area contributed by atoms with E-state index in [0.717, 1.165) is 16.6 Å². The van der Waals surface area contributed by atoms with Gasteiger partial charge in [0.25, 0.3) is 0 Å². The lowest BCUT2D eigenvalue weighted by molar-refractivity contribution is 0.590. The molecule has 0 radical (unpaired) electrons. The topological polar surface area (TPSA) is 21.3 Å². The van der Waals surface area contributed by atoms with Crippen LogP contribution in [0.5, 0.6) is 0 Å². The molecule has 0 bridgehead atoms. The van der Waals surface area contributed by atoms with E-state index in [4.69, 9.17) is 4.42 Å². The highest BCUT2D eigenvalue weighted by Crippen LogP contribution is 2.52. The van der Waals surface area contributed by atoms with Gasteiger partial charge in [0.05, 0.1) is 11.0 Å². The Balaban J connectivity index is 1.27. The first kappa shape index (κ1) is 34.1. The van der Waals surface area contributed by atoms with Gasteiger partial charge in [-0.2, -0.15) is 0 Å². The predicted molar refractivity (Wildman–Crippen MR) is 247 cm³/mol. The van der Waals surface area contributed by atoms with E-state index in [1.165, 1.54) is 105 Å². The Kier molecular flexibility index (Phi) is 6.42. The molecule has 0 N–H and O–H groups in total. The molecule has 12 rings (SSSR count). The smallest absolute Gasteiger partial charge is 0.333 e. The number of nitrogens with zero attached hydrogens (tertiary/aromatic N) is 2. The minimum absolute atomic E-state index is 0.000930. The third-order valence-corrected chi connectivity index (χ3v) is 14.0. The van der Waals surface area contributed by atoms with E-state index < -0.39 is 0 Å². The van der Waals surface area contributed by atoms with Gasteiger partial charge in [-0.05, 0) is 116 Å². The van der Waals surface area contributed by atoms with Crippen LogP contribution >= 0.6 is 0 Å². The Morgan fingerprint density at radius 3 is 2.07 bits per heavy atom. The van der Waals surface area contributed by atoms with Crippen molar-refractivity contribution in [1.82, 2.24) is 4.57 Å². The zero-order valence-corrected chi connectivity index (χ0v) is 34.9. The lowest BCUT2D eigenvalue weighted by Crippen LogP contribution is -2.60. The highest BCUT2D eigenvalue weighted by Gasteiger charge is 2.47. The zero-order chi connectivity index (χ0) is 39.8. The van der Waals surface area contributed by atoms with Crippen molar-refractivity contribution in [2.24, 2.45) is 0 Å². The molecule has 0 atom stereocenters. The van der Waals surface area contributed by atoms with Gasteiger partial charge < -0.3 is 13.8 Å². The summed E-state index contributed by atoms with van der Waals surface area (Å²) in [7, 11) is 0. The summed E-state index contributed by atoms with van der Waals surface area (Å²) in [6.45, 7) is 21.0. The van der Waals surface area contributed by atoms with Crippen molar-refractivity contribution in [3.05, 3.63) is 149 Å². The molecule has 0 unspecified atom stereocenters. The Bertz CT molecular complexity index is 3290. The molecule has 4 heterocycles. The summed E-state index contributed by atoms with van der Waals surface area (Å²) in [5.41, 5.74) is 22.8. The van der Waals surface area contributed by atoms with Crippen molar-refractivity contribution in [3.8, 4) is 27.9 Å². The van der Waals surface area contributed by atoms with Crippen molar-refractivity contribution < 1.29 is 4.42 Å². The Labute approximate surface area is 341 Å². The fourth-order valence-electron chi connectivity index (χ4n) is 11.0. The number of benzene rings is 7. The lowest BCUT2D eigenvalue weighted by Gasteiger charge is -2.43. The SMILES string of the molecule is Cc1cc2c3c4c1c1cc5c(cc1n4-c1cc4c(cc1B3N(c1ccc(C(C)(C)C)cc1)c1ccc(C(C)(C)C)cc1-2)C(C)(C)c1ccccc1-4)oc1ccccc15. The summed E-state index contributed by atoms with van der Waals surface area (Å²) in [6.07, 6.45) is 0. The summed E-state index contributed by atoms with van der Waals surface area (Å²) < 4.78 is 9.24. The van der Waals surface area contributed by atoms with Gasteiger partial charge in [-0.1, -0.05) is 128 Å². The van der Waals surface area contributed by atoms with Gasteiger partial charge in [-0.3, -0.25) is 0 Å². The number of furan rings is 1. The minimum Gasteiger partial charge on any atom is -0.456 e. The third-order valence-electron chi connectivity index (χ3n) is 14.0. The van der Waals surface area contributed by atoms with Crippen molar-refractivity contribution in [1.29, 1.82) is 0 Å². The second-order valence-corrected chi connectivity index (χ2v) is 19.9. The highest BCUT2D eigenvalue weighted by atomic mass is 16.3. The number of hydrogen-bond acceptors (Lipinski definition) is 2. The molecule has 2 aliphatic heterocycles. The summed E-state index contributed by atoms with van der Waals surface area (Å²) in [5.74, 6) is 0. The lowest BCUT2D eigenvalue weighted by atomic mass is 9.43. The fourth-order valence-corrected chi connectivity index (χ4v) is 11.0. The molecule has 3 nitrogen and oxygen atoms in total. The zero-order valence-electron chi connectivity index (χ0n) is 34.9. The molecule has 0 spiro atoms. The molecule has 1 aliphatic carbocycles. The van der Waals surface area contributed by atoms with E-state index in [9.17, 15) is 0 Å². The Morgan fingerprint density at radius 1 is 0.569 bits per heavy atom. The van der Waals surface area contributed by atoms with Gasteiger partial charge in [0.15, 0.2) is 0 Å². The second-order valence-electron chi connectivity index (χ2n) is 19.9. The maximum atomic E-state index is 6.63. The fraction of sp³-hybridized carbons (Fsp3) is 0.222. The van der Waals surface area contributed by atoms with Crippen molar-refractivity contribution >= 4 is 72.9 Å².